The van der Waals surface area contributed by atoms with Gasteiger partial charge in [-0.3, -0.25) is 9.59 Å². The number of esters is 1. The maximum Gasteiger partial charge on any atom is 0.328 e. The zero-order chi connectivity index (χ0) is 18.7. The summed E-state index contributed by atoms with van der Waals surface area (Å²) in [6, 6.07) is -0.974. The van der Waals surface area contributed by atoms with E-state index in [0.29, 0.717) is 6.61 Å². The van der Waals surface area contributed by atoms with Gasteiger partial charge in [0.05, 0.1) is 6.10 Å². The third kappa shape index (κ3) is 8.55. The van der Waals surface area contributed by atoms with Gasteiger partial charge < -0.3 is 20.3 Å². The highest BCUT2D eigenvalue weighted by atomic mass is 16.5. The number of hydrogen-bond donors (Lipinski definition) is 1. The first-order valence-electron chi connectivity index (χ1n) is 8.05. The Morgan fingerprint density at radius 1 is 1.21 bits per heavy atom. The van der Waals surface area contributed by atoms with Gasteiger partial charge in [0.2, 0.25) is 11.7 Å². The molecule has 24 heavy (non-hydrogen) atoms. The minimum Gasteiger partial charge on any atom is -0.461 e. The molecule has 0 rings (SSSR count). The van der Waals surface area contributed by atoms with Crippen LogP contribution in [0.1, 0.15) is 47.5 Å². The van der Waals surface area contributed by atoms with Gasteiger partial charge in [0, 0.05) is 13.0 Å². The van der Waals surface area contributed by atoms with E-state index in [2.05, 4.69) is 10.1 Å². The largest absolute Gasteiger partial charge is 0.461 e. The summed E-state index contributed by atoms with van der Waals surface area (Å²) >= 11 is 0. The molecule has 0 radical (unpaired) electrons. The Morgan fingerprint density at radius 2 is 1.83 bits per heavy atom. The van der Waals surface area contributed by atoms with Gasteiger partial charge in [-0.15, -0.1) is 0 Å². The highest BCUT2D eigenvalue weighted by molar-refractivity contribution is 6.25. The van der Waals surface area contributed by atoms with Crippen LogP contribution in [0.3, 0.4) is 0 Å². The normalized spacial score (nSPS) is 13.1. The van der Waals surface area contributed by atoms with Crippen molar-refractivity contribution in [2.24, 2.45) is 5.92 Å². The van der Waals surface area contributed by atoms with Crippen molar-refractivity contribution < 1.29 is 28.6 Å². The van der Waals surface area contributed by atoms with Gasteiger partial charge in [-0.1, -0.05) is 13.8 Å². The summed E-state index contributed by atoms with van der Waals surface area (Å²) in [5, 5.41) is 2.59. The van der Waals surface area contributed by atoms with Gasteiger partial charge in [0.25, 0.3) is 0 Å². The molecule has 0 heterocycles. The molecule has 0 aliphatic rings. The first kappa shape index (κ1) is 21.9. The van der Waals surface area contributed by atoms with Crippen LogP contribution in [-0.4, -0.2) is 53.5 Å². The van der Waals surface area contributed by atoms with Crippen LogP contribution in [0.4, 0.5) is 0 Å². The second-order valence-electron chi connectivity index (χ2n) is 5.92. The van der Waals surface area contributed by atoms with Crippen molar-refractivity contribution >= 4 is 23.9 Å². The number of amides is 1. The Hall–Kier alpha value is -2.05. The number of Topliss-reactive ketones (excluding diaryl/α,β-unsaturated/α-hetero) is 1. The van der Waals surface area contributed by atoms with Crippen molar-refractivity contribution in [3.63, 3.8) is 0 Å². The number of carbonyl (C=O) groups excluding carboxylic acids is 3. The summed E-state index contributed by atoms with van der Waals surface area (Å²) in [6.07, 6.45) is -0.315. The van der Waals surface area contributed by atoms with Gasteiger partial charge in [-0.2, -0.15) is 4.79 Å². The molecular formula is C16H27N3O5. The average Bonchev–Trinajstić information content (AvgIpc) is 2.47. The fraction of sp³-hybridized carbons (Fsp3) is 0.750. The van der Waals surface area contributed by atoms with Gasteiger partial charge in [0.15, 0.2) is 0 Å². The lowest BCUT2D eigenvalue weighted by Crippen LogP contribution is -2.49. The molecule has 0 aromatic rings. The van der Waals surface area contributed by atoms with E-state index >= 15 is 0 Å². The maximum atomic E-state index is 12.4. The van der Waals surface area contributed by atoms with Crippen molar-refractivity contribution in [3.8, 4) is 0 Å². The molecule has 8 nitrogen and oxygen atoms in total. The number of rotatable bonds is 11. The van der Waals surface area contributed by atoms with Crippen molar-refractivity contribution in [3.05, 3.63) is 5.53 Å². The molecule has 0 fully saturated rings. The predicted molar refractivity (Wildman–Crippen MR) is 87.3 cm³/mol. The fourth-order valence-electron chi connectivity index (χ4n) is 1.98. The van der Waals surface area contributed by atoms with Crippen LogP contribution >= 0.6 is 0 Å². The lowest BCUT2D eigenvalue weighted by atomic mass is 10.0. The van der Waals surface area contributed by atoms with Crippen molar-refractivity contribution in [2.75, 3.05) is 6.61 Å². The van der Waals surface area contributed by atoms with Crippen molar-refractivity contribution in [1.82, 2.24) is 5.32 Å². The predicted octanol–water partition coefficient (Wildman–Crippen LogP) is 1.13. The summed E-state index contributed by atoms with van der Waals surface area (Å²) in [5.41, 5.74) is 8.34. The van der Waals surface area contributed by atoms with E-state index in [0.717, 1.165) is 6.21 Å². The van der Waals surface area contributed by atoms with Crippen molar-refractivity contribution in [2.45, 2.75) is 65.7 Å². The second kappa shape index (κ2) is 11.5. The van der Waals surface area contributed by atoms with Gasteiger partial charge >= 0.3 is 12.2 Å². The van der Waals surface area contributed by atoms with E-state index in [1.165, 1.54) is 0 Å². The highest BCUT2D eigenvalue weighted by Crippen LogP contribution is 2.09. The van der Waals surface area contributed by atoms with Crippen LogP contribution in [0.15, 0.2) is 0 Å². The summed E-state index contributed by atoms with van der Waals surface area (Å²) in [5.74, 6) is -1.58. The van der Waals surface area contributed by atoms with E-state index in [1.54, 1.807) is 20.8 Å². The van der Waals surface area contributed by atoms with Gasteiger partial charge in [-0.05, 0) is 33.1 Å². The molecular weight excluding hydrogens is 314 g/mol. The van der Waals surface area contributed by atoms with E-state index in [4.69, 9.17) is 15.0 Å². The number of nitrogens with one attached hydrogen (secondary N) is 1. The topological polar surface area (TPSA) is 118 Å². The van der Waals surface area contributed by atoms with Crippen LogP contribution < -0.4 is 5.32 Å². The van der Waals surface area contributed by atoms with Crippen LogP contribution in [0, 0.1) is 5.92 Å². The van der Waals surface area contributed by atoms with E-state index in [1.807, 2.05) is 13.8 Å². The van der Waals surface area contributed by atoms with E-state index in [-0.39, 0.29) is 24.9 Å². The minimum absolute atomic E-state index is 0.0408. The van der Waals surface area contributed by atoms with Crippen LogP contribution in [0.5, 0.6) is 0 Å². The molecule has 8 heteroatoms. The molecule has 0 saturated heterocycles. The number of carbonyl (C=O) groups is 3. The molecule has 1 N–H and O–H groups in total. The van der Waals surface area contributed by atoms with Gasteiger partial charge in [0.1, 0.15) is 12.1 Å². The molecule has 0 saturated carbocycles. The minimum atomic E-state index is -0.974. The zero-order valence-electron chi connectivity index (χ0n) is 14.9. The number of hydrogen-bond acceptors (Lipinski definition) is 5. The number of nitrogens with zero attached hydrogens (tertiary/aromatic N) is 2. The lowest BCUT2D eigenvalue weighted by molar-refractivity contribution is -0.153. The van der Waals surface area contributed by atoms with Crippen LogP contribution in [0.25, 0.3) is 5.53 Å². The maximum absolute atomic E-state index is 12.4. The monoisotopic (exact) mass is 341 g/mol. The Labute approximate surface area is 142 Å². The summed E-state index contributed by atoms with van der Waals surface area (Å²) < 4.78 is 10.5. The first-order chi connectivity index (χ1) is 11.2. The van der Waals surface area contributed by atoms with E-state index < -0.39 is 29.8 Å². The zero-order valence-corrected chi connectivity index (χ0v) is 14.9. The Balaban J connectivity index is 5.02. The summed E-state index contributed by atoms with van der Waals surface area (Å²) in [7, 11) is 0. The molecule has 1 amide bonds. The molecule has 2 atom stereocenters. The molecule has 136 valence electrons. The molecule has 0 aliphatic heterocycles. The lowest BCUT2D eigenvalue weighted by Gasteiger charge is -2.24. The smallest absolute Gasteiger partial charge is 0.328 e. The number of ketones is 1. The molecule has 0 unspecified atom stereocenters. The van der Waals surface area contributed by atoms with Crippen molar-refractivity contribution in [1.29, 1.82) is 0 Å². The molecule has 0 aliphatic carbocycles. The standard InChI is InChI=1S/C16H27N3O5/c1-6-23-14(10(2)3)15(21)19-13(16(22)24-11(4)5)8-7-12(20)9-18-17/h9-11,13-14H,6-8H2,1-5H3,(H,19,21)/t13-,14-/m0/s1. The number of ether oxygens (including phenoxy) is 2. The Kier molecular flexibility index (Phi) is 10.5. The highest BCUT2D eigenvalue weighted by Gasteiger charge is 2.29. The first-order valence-corrected chi connectivity index (χ1v) is 8.05. The molecule has 0 bridgehead atoms. The summed E-state index contributed by atoms with van der Waals surface area (Å²) in [6.45, 7) is 9.20. The summed E-state index contributed by atoms with van der Waals surface area (Å²) in [4.78, 5) is 38.6. The van der Waals surface area contributed by atoms with Crippen LogP contribution in [0.2, 0.25) is 0 Å². The molecule has 0 spiro atoms. The van der Waals surface area contributed by atoms with Gasteiger partial charge in [-0.25, -0.2) is 4.79 Å². The quantitative estimate of drug-likeness (QED) is 0.261. The third-order valence-electron chi connectivity index (χ3n) is 3.04. The fourth-order valence-corrected chi connectivity index (χ4v) is 1.98. The second-order valence-corrected chi connectivity index (χ2v) is 5.92. The van der Waals surface area contributed by atoms with Crippen LogP contribution in [-0.2, 0) is 23.9 Å². The Bertz CT molecular complexity index is 484. The SMILES string of the molecule is CCO[C@H](C(=O)N[C@@H](CCC(=O)C=[N+]=[N-])C(=O)OC(C)C)C(C)C. The molecule has 0 aromatic heterocycles. The molecule has 0 aromatic carbocycles. The third-order valence-corrected chi connectivity index (χ3v) is 3.04. The van der Waals surface area contributed by atoms with E-state index in [9.17, 15) is 14.4 Å². The average molecular weight is 341 g/mol. The Morgan fingerprint density at radius 3 is 2.29 bits per heavy atom.